The first-order valence-electron chi connectivity index (χ1n) is 18.1. The van der Waals surface area contributed by atoms with E-state index in [0.29, 0.717) is 17.5 Å². The van der Waals surface area contributed by atoms with Crippen molar-refractivity contribution in [2.75, 3.05) is 0 Å². The highest BCUT2D eigenvalue weighted by Crippen LogP contribution is 2.48. The van der Waals surface area contributed by atoms with Crippen molar-refractivity contribution in [2.45, 2.75) is 0 Å². The zero-order chi connectivity index (χ0) is 36.1. The van der Waals surface area contributed by atoms with Crippen LogP contribution >= 0.6 is 0 Å². The maximum Gasteiger partial charge on any atom is 0.164 e. The summed E-state index contributed by atoms with van der Waals surface area (Å²) in [6, 6.07) is 71.0. The molecule has 4 heteroatoms. The van der Waals surface area contributed by atoms with Crippen LogP contribution < -0.4 is 0 Å². The van der Waals surface area contributed by atoms with E-state index < -0.39 is 0 Å². The van der Waals surface area contributed by atoms with Gasteiger partial charge in [0.2, 0.25) is 0 Å². The van der Waals surface area contributed by atoms with E-state index in [-0.39, 0.29) is 0 Å². The van der Waals surface area contributed by atoms with Gasteiger partial charge in [0.1, 0.15) is 0 Å². The Hall–Kier alpha value is -7.30. The first-order chi connectivity index (χ1) is 26.8. The number of aromatic nitrogens is 4. The summed E-state index contributed by atoms with van der Waals surface area (Å²) in [7, 11) is 0. The molecule has 0 N–H and O–H groups in total. The van der Waals surface area contributed by atoms with Crippen molar-refractivity contribution < 1.29 is 0 Å². The predicted octanol–water partition coefficient (Wildman–Crippen LogP) is 12.6. The maximum atomic E-state index is 5.57. The monoisotopic (exact) mass is 690 g/mol. The Morgan fingerprint density at radius 3 is 0.759 bits per heavy atom. The molecular formula is C50H34N4. The van der Waals surface area contributed by atoms with E-state index in [2.05, 4.69) is 146 Å². The van der Waals surface area contributed by atoms with E-state index >= 15 is 0 Å². The molecule has 0 aliphatic rings. The Labute approximate surface area is 315 Å². The zero-order valence-electron chi connectivity index (χ0n) is 29.4. The molecule has 0 aliphatic heterocycles. The van der Waals surface area contributed by atoms with Crippen molar-refractivity contribution in [3.8, 4) is 90.1 Å². The largest absolute Gasteiger partial charge is 0.246 e. The second-order valence-corrected chi connectivity index (χ2v) is 13.0. The fraction of sp³-hybridized carbons (Fsp3) is 0. The highest BCUT2D eigenvalue weighted by molar-refractivity contribution is 6.05. The number of hydrogen-bond acceptors (Lipinski definition) is 4. The number of pyridine rings is 1. The molecular weight excluding hydrogens is 657 g/mol. The molecule has 0 saturated carbocycles. The number of hydrogen-bond donors (Lipinski definition) is 0. The molecule has 254 valence electrons. The molecule has 0 spiro atoms. The zero-order valence-corrected chi connectivity index (χ0v) is 29.4. The van der Waals surface area contributed by atoms with Crippen LogP contribution in [0.25, 0.3) is 90.1 Å². The minimum absolute atomic E-state index is 0.616. The Balaban J connectivity index is 1.31. The quantitative estimate of drug-likeness (QED) is 0.159. The van der Waals surface area contributed by atoms with Gasteiger partial charge >= 0.3 is 0 Å². The summed E-state index contributed by atoms with van der Waals surface area (Å²) in [5, 5.41) is 0. The molecule has 0 atom stereocenters. The van der Waals surface area contributed by atoms with Crippen LogP contribution in [0.1, 0.15) is 0 Å². The predicted molar refractivity (Wildman–Crippen MR) is 221 cm³/mol. The molecule has 4 nitrogen and oxygen atoms in total. The van der Waals surface area contributed by atoms with Crippen molar-refractivity contribution in [1.82, 2.24) is 19.9 Å². The molecule has 9 rings (SSSR count). The summed E-state index contributed by atoms with van der Waals surface area (Å²) < 4.78 is 0. The molecule has 0 unspecified atom stereocenters. The van der Waals surface area contributed by atoms with Crippen LogP contribution in [0.4, 0.5) is 0 Å². The third kappa shape index (κ3) is 6.49. The van der Waals surface area contributed by atoms with Crippen molar-refractivity contribution in [1.29, 1.82) is 0 Å². The van der Waals surface area contributed by atoms with Gasteiger partial charge in [-0.25, -0.2) is 19.9 Å². The molecule has 7 aromatic carbocycles. The molecule has 0 aliphatic carbocycles. The summed E-state index contributed by atoms with van der Waals surface area (Å²) in [4.78, 5) is 20.5. The summed E-state index contributed by atoms with van der Waals surface area (Å²) >= 11 is 0. The summed E-state index contributed by atoms with van der Waals surface area (Å²) in [6.45, 7) is 0. The fourth-order valence-electron chi connectivity index (χ4n) is 6.98. The average Bonchev–Trinajstić information content (AvgIpc) is 3.27. The lowest BCUT2D eigenvalue weighted by atomic mass is 9.83. The first kappa shape index (κ1) is 32.6. The number of nitrogens with zero attached hydrogens (tertiary/aromatic N) is 4. The minimum Gasteiger partial charge on any atom is -0.246 e. The lowest BCUT2D eigenvalue weighted by molar-refractivity contribution is 1.07. The maximum absolute atomic E-state index is 5.57. The number of rotatable bonds is 8. The van der Waals surface area contributed by atoms with Gasteiger partial charge in [0.05, 0.1) is 11.4 Å². The van der Waals surface area contributed by atoms with Gasteiger partial charge in [0.25, 0.3) is 0 Å². The molecule has 2 aromatic heterocycles. The van der Waals surface area contributed by atoms with E-state index in [1.54, 1.807) is 0 Å². The molecule has 0 amide bonds. The van der Waals surface area contributed by atoms with Gasteiger partial charge in [-0.3, -0.25) is 0 Å². The number of benzene rings is 7. The lowest BCUT2D eigenvalue weighted by Gasteiger charge is -2.23. The fourth-order valence-corrected chi connectivity index (χ4v) is 6.98. The Bertz CT molecular complexity index is 2490. The van der Waals surface area contributed by atoms with Gasteiger partial charge in [0, 0.05) is 44.5 Å². The molecule has 0 saturated heterocycles. The lowest BCUT2D eigenvalue weighted by Crippen LogP contribution is -2.02. The van der Waals surface area contributed by atoms with Crippen molar-refractivity contribution in [3.05, 3.63) is 206 Å². The smallest absolute Gasteiger partial charge is 0.164 e. The van der Waals surface area contributed by atoms with Crippen LogP contribution in [0.5, 0.6) is 0 Å². The normalized spacial score (nSPS) is 11.0. The topological polar surface area (TPSA) is 51.6 Å². The second-order valence-electron chi connectivity index (χ2n) is 13.0. The summed E-state index contributed by atoms with van der Waals surface area (Å²) in [5.41, 5.74) is 13.3. The molecule has 0 radical (unpaired) electrons. The van der Waals surface area contributed by atoms with Gasteiger partial charge in [-0.05, 0) is 16.7 Å². The highest BCUT2D eigenvalue weighted by atomic mass is 15.0. The Kier molecular flexibility index (Phi) is 8.90. The standard InChI is InChI=1S/C50H34N4/c1-7-19-35(20-8-1)44-43(45(36-21-9-2-10-22-36)47(39-25-13-4-14-26-39)51-46(44)38-23-11-3-12-24-38)37-31-33-42(34-32-37)50-53-48(40-27-15-5-16-28-40)52-49(54-50)41-29-17-6-18-30-41/h1-34H. The summed E-state index contributed by atoms with van der Waals surface area (Å²) in [6.07, 6.45) is 0. The average molecular weight is 691 g/mol. The van der Waals surface area contributed by atoms with Crippen LogP contribution in [0.15, 0.2) is 206 Å². The second kappa shape index (κ2) is 14.7. The summed E-state index contributed by atoms with van der Waals surface area (Å²) in [5.74, 6) is 1.89. The third-order valence-corrected chi connectivity index (χ3v) is 9.55. The first-order valence-corrected chi connectivity index (χ1v) is 18.1. The van der Waals surface area contributed by atoms with Crippen LogP contribution in [0.2, 0.25) is 0 Å². The molecule has 9 aromatic rings. The van der Waals surface area contributed by atoms with Gasteiger partial charge in [0.15, 0.2) is 17.5 Å². The van der Waals surface area contributed by atoms with Crippen molar-refractivity contribution in [2.24, 2.45) is 0 Å². The Morgan fingerprint density at radius 2 is 0.426 bits per heavy atom. The molecule has 0 bridgehead atoms. The van der Waals surface area contributed by atoms with E-state index in [9.17, 15) is 0 Å². The van der Waals surface area contributed by atoms with E-state index in [1.165, 1.54) is 0 Å². The van der Waals surface area contributed by atoms with Gasteiger partial charge in [-0.1, -0.05) is 206 Å². The van der Waals surface area contributed by atoms with Crippen LogP contribution in [-0.2, 0) is 0 Å². The minimum atomic E-state index is 0.616. The molecule has 2 heterocycles. The molecule has 54 heavy (non-hydrogen) atoms. The third-order valence-electron chi connectivity index (χ3n) is 9.55. The molecule has 0 fully saturated rings. The SMILES string of the molecule is c1ccc(-c2nc(-c3ccccc3)nc(-c3ccc(-c4c(-c5ccccc5)c(-c5ccccc5)nc(-c5ccccc5)c4-c4ccccc4)cc3)n2)cc1. The Morgan fingerprint density at radius 1 is 0.185 bits per heavy atom. The highest BCUT2D eigenvalue weighted by Gasteiger charge is 2.25. The van der Waals surface area contributed by atoms with Crippen LogP contribution in [0.3, 0.4) is 0 Å². The van der Waals surface area contributed by atoms with E-state index in [0.717, 1.165) is 72.6 Å². The van der Waals surface area contributed by atoms with Crippen LogP contribution in [-0.4, -0.2) is 19.9 Å². The van der Waals surface area contributed by atoms with Gasteiger partial charge in [-0.15, -0.1) is 0 Å². The van der Waals surface area contributed by atoms with Gasteiger partial charge < -0.3 is 0 Å². The van der Waals surface area contributed by atoms with Crippen molar-refractivity contribution >= 4 is 0 Å². The van der Waals surface area contributed by atoms with Gasteiger partial charge in [-0.2, -0.15) is 0 Å². The van der Waals surface area contributed by atoms with Crippen LogP contribution in [0, 0.1) is 0 Å². The van der Waals surface area contributed by atoms with E-state index in [4.69, 9.17) is 19.9 Å². The van der Waals surface area contributed by atoms with Crippen molar-refractivity contribution in [3.63, 3.8) is 0 Å². The van der Waals surface area contributed by atoms with E-state index in [1.807, 2.05) is 60.7 Å².